The van der Waals surface area contributed by atoms with Crippen molar-refractivity contribution in [3.8, 4) is 0 Å². The number of aryl methyl sites for hydroxylation is 1. The molecule has 2 saturated heterocycles. The summed E-state index contributed by atoms with van der Waals surface area (Å²) in [7, 11) is 0. The molecule has 2 fully saturated rings. The topological polar surface area (TPSA) is 49.9 Å². The molecule has 2 amide bonds. The molecule has 2 aliphatic heterocycles. The third-order valence-electron chi connectivity index (χ3n) is 5.70. The van der Waals surface area contributed by atoms with Gasteiger partial charge in [-0.2, -0.15) is 0 Å². The number of anilines is 2. The number of rotatable bonds is 3. The molecule has 0 aromatic heterocycles. The first kappa shape index (κ1) is 20.1. The summed E-state index contributed by atoms with van der Waals surface area (Å²) in [6, 6.07) is 21.6. The van der Waals surface area contributed by atoms with Gasteiger partial charge in [0.05, 0.1) is 22.4 Å². The van der Waals surface area contributed by atoms with Gasteiger partial charge in [0.25, 0.3) is 5.91 Å². The number of imide groups is 1. The Bertz CT molecular complexity index is 1170. The van der Waals surface area contributed by atoms with Gasteiger partial charge in [0.2, 0.25) is 5.91 Å². The van der Waals surface area contributed by atoms with Gasteiger partial charge in [-0.05, 0) is 42.8 Å². The first-order valence-electron chi connectivity index (χ1n) is 9.86. The Balaban J connectivity index is 1.59. The number of hydroxylamine groups is 1. The van der Waals surface area contributed by atoms with Crippen LogP contribution < -0.4 is 9.96 Å². The highest BCUT2D eigenvalue weighted by Gasteiger charge is 2.60. The van der Waals surface area contributed by atoms with Crippen LogP contribution in [0.25, 0.3) is 0 Å². The van der Waals surface area contributed by atoms with Crippen molar-refractivity contribution in [2.24, 2.45) is 5.92 Å². The summed E-state index contributed by atoms with van der Waals surface area (Å²) in [6.45, 7) is 2.00. The average molecular weight is 453 g/mol. The zero-order valence-electron chi connectivity index (χ0n) is 16.5. The molecule has 0 unspecified atom stereocenters. The molecular weight excluding hydrogens is 435 g/mol. The van der Waals surface area contributed by atoms with Gasteiger partial charge in [-0.3, -0.25) is 14.4 Å². The monoisotopic (exact) mass is 452 g/mol. The molecule has 5 rings (SSSR count). The Hall–Kier alpha value is -2.86. The minimum absolute atomic E-state index is 0.237. The Morgan fingerprint density at radius 2 is 1.58 bits per heavy atom. The fraction of sp³-hybridized carbons (Fsp3) is 0.167. The maximum Gasteiger partial charge on any atom is 0.266 e. The van der Waals surface area contributed by atoms with E-state index in [0.717, 1.165) is 21.7 Å². The molecule has 0 radical (unpaired) electrons. The first-order chi connectivity index (χ1) is 15.0. The predicted octanol–water partition coefficient (Wildman–Crippen LogP) is 5.35. The summed E-state index contributed by atoms with van der Waals surface area (Å²) >= 11 is 12.3. The smallest absolute Gasteiger partial charge is 0.266 e. The fourth-order valence-electron chi connectivity index (χ4n) is 4.22. The van der Waals surface area contributed by atoms with Crippen LogP contribution in [0.1, 0.15) is 17.2 Å². The molecule has 3 aromatic carbocycles. The molecular formula is C24H18Cl2N2O3. The van der Waals surface area contributed by atoms with Crippen molar-refractivity contribution in [3.05, 3.63) is 94.0 Å². The van der Waals surface area contributed by atoms with Crippen LogP contribution in [0.5, 0.6) is 0 Å². The van der Waals surface area contributed by atoms with E-state index in [0.29, 0.717) is 10.7 Å². The minimum Gasteiger partial charge on any atom is -0.273 e. The number of para-hydroxylation sites is 1. The van der Waals surface area contributed by atoms with Crippen molar-refractivity contribution in [1.29, 1.82) is 0 Å². The van der Waals surface area contributed by atoms with Crippen LogP contribution in [0.2, 0.25) is 10.0 Å². The molecule has 0 spiro atoms. The summed E-state index contributed by atoms with van der Waals surface area (Å²) in [5.41, 5.74) is 3.09. The summed E-state index contributed by atoms with van der Waals surface area (Å²) in [4.78, 5) is 34.1. The highest BCUT2D eigenvalue weighted by Crippen LogP contribution is 2.48. The van der Waals surface area contributed by atoms with Crippen molar-refractivity contribution in [1.82, 2.24) is 0 Å². The van der Waals surface area contributed by atoms with E-state index in [2.05, 4.69) is 0 Å². The molecule has 0 saturated carbocycles. The maximum atomic E-state index is 13.6. The van der Waals surface area contributed by atoms with Crippen LogP contribution in [-0.2, 0) is 14.4 Å². The van der Waals surface area contributed by atoms with Crippen molar-refractivity contribution in [2.45, 2.75) is 19.1 Å². The SMILES string of the molecule is Cc1ccc([C@@H]2[C@H]3C(=O)N(c4ccc(Cl)cc4Cl)C(=O)[C@H]3ON2c2ccccc2)cc1. The third-order valence-corrected chi connectivity index (χ3v) is 6.23. The van der Waals surface area contributed by atoms with Gasteiger partial charge < -0.3 is 0 Å². The Morgan fingerprint density at radius 3 is 2.26 bits per heavy atom. The molecule has 0 bridgehead atoms. The number of nitrogens with zero attached hydrogens (tertiary/aromatic N) is 2. The van der Waals surface area contributed by atoms with Gasteiger partial charge in [-0.25, -0.2) is 9.96 Å². The number of fused-ring (bicyclic) bond motifs is 1. The summed E-state index contributed by atoms with van der Waals surface area (Å²) in [6.07, 6.45) is -0.939. The van der Waals surface area contributed by atoms with Gasteiger partial charge in [-0.1, -0.05) is 71.2 Å². The molecule has 0 N–H and O–H groups in total. The minimum atomic E-state index is -0.939. The van der Waals surface area contributed by atoms with E-state index in [1.54, 1.807) is 17.2 Å². The van der Waals surface area contributed by atoms with Crippen LogP contribution >= 0.6 is 23.2 Å². The summed E-state index contributed by atoms with van der Waals surface area (Å²) in [5.74, 6) is -1.49. The molecule has 2 aliphatic rings. The second kappa shape index (κ2) is 7.68. The zero-order valence-corrected chi connectivity index (χ0v) is 18.0. The van der Waals surface area contributed by atoms with Crippen molar-refractivity contribution >= 4 is 46.4 Å². The normalized spacial score (nSPS) is 22.9. The number of benzene rings is 3. The van der Waals surface area contributed by atoms with E-state index in [1.807, 2.05) is 61.5 Å². The lowest BCUT2D eigenvalue weighted by molar-refractivity contribution is -0.126. The van der Waals surface area contributed by atoms with Crippen LogP contribution in [-0.4, -0.2) is 17.9 Å². The van der Waals surface area contributed by atoms with Gasteiger partial charge in [0.15, 0.2) is 6.10 Å². The quantitative estimate of drug-likeness (QED) is 0.502. The molecule has 7 heteroatoms. The number of halogens is 2. The van der Waals surface area contributed by atoms with Crippen LogP contribution in [0, 0.1) is 12.8 Å². The number of amides is 2. The second-order valence-corrected chi connectivity index (χ2v) is 8.52. The second-order valence-electron chi connectivity index (χ2n) is 7.68. The third kappa shape index (κ3) is 3.30. The van der Waals surface area contributed by atoms with Gasteiger partial charge in [0, 0.05) is 5.02 Å². The van der Waals surface area contributed by atoms with E-state index >= 15 is 0 Å². The predicted molar refractivity (Wildman–Crippen MR) is 120 cm³/mol. The van der Waals surface area contributed by atoms with Crippen molar-refractivity contribution < 1.29 is 14.4 Å². The number of carbonyl (C=O) groups excluding carboxylic acids is 2. The lowest BCUT2D eigenvalue weighted by atomic mass is 9.90. The first-order valence-corrected chi connectivity index (χ1v) is 10.6. The van der Waals surface area contributed by atoms with E-state index < -0.39 is 24.0 Å². The molecule has 3 aromatic rings. The highest BCUT2D eigenvalue weighted by atomic mass is 35.5. The number of hydrogen-bond donors (Lipinski definition) is 0. The van der Waals surface area contributed by atoms with Crippen molar-refractivity contribution in [2.75, 3.05) is 9.96 Å². The van der Waals surface area contributed by atoms with Gasteiger partial charge >= 0.3 is 0 Å². The number of hydrogen-bond acceptors (Lipinski definition) is 4. The molecule has 0 aliphatic carbocycles. The highest BCUT2D eigenvalue weighted by molar-refractivity contribution is 6.38. The number of carbonyl (C=O) groups is 2. The lowest BCUT2D eigenvalue weighted by Crippen LogP contribution is -2.37. The average Bonchev–Trinajstić information content (AvgIpc) is 3.26. The van der Waals surface area contributed by atoms with Gasteiger partial charge in [-0.15, -0.1) is 0 Å². The van der Waals surface area contributed by atoms with Crippen LogP contribution in [0.4, 0.5) is 11.4 Å². The largest absolute Gasteiger partial charge is 0.273 e. The van der Waals surface area contributed by atoms with E-state index in [9.17, 15) is 9.59 Å². The molecule has 31 heavy (non-hydrogen) atoms. The van der Waals surface area contributed by atoms with Crippen LogP contribution in [0.3, 0.4) is 0 Å². The Labute approximate surface area is 189 Å². The lowest BCUT2D eigenvalue weighted by Gasteiger charge is -2.29. The molecule has 3 atom stereocenters. The molecule has 156 valence electrons. The zero-order chi connectivity index (χ0) is 21.7. The Kier molecular flexibility index (Phi) is 4.97. The van der Waals surface area contributed by atoms with Crippen LogP contribution in [0.15, 0.2) is 72.8 Å². The van der Waals surface area contributed by atoms with Gasteiger partial charge in [0.1, 0.15) is 5.92 Å². The fourth-order valence-corrected chi connectivity index (χ4v) is 4.71. The molecule has 2 heterocycles. The maximum absolute atomic E-state index is 13.6. The van der Waals surface area contributed by atoms with E-state index in [-0.39, 0.29) is 10.9 Å². The Morgan fingerprint density at radius 1 is 0.871 bits per heavy atom. The van der Waals surface area contributed by atoms with E-state index in [1.165, 1.54) is 6.07 Å². The summed E-state index contributed by atoms with van der Waals surface area (Å²) < 4.78 is 0. The van der Waals surface area contributed by atoms with E-state index in [4.69, 9.17) is 28.0 Å². The van der Waals surface area contributed by atoms with Crippen molar-refractivity contribution in [3.63, 3.8) is 0 Å². The molecule has 5 nitrogen and oxygen atoms in total. The standard InChI is InChI=1S/C24H18Cl2N2O3/c1-14-7-9-15(10-8-14)21-20-22(31-28(21)17-5-3-2-4-6-17)24(30)27(23(20)29)19-12-11-16(25)13-18(19)26/h2-13,20-22H,1H3/t20-,21-,22+/m1/s1. The summed E-state index contributed by atoms with van der Waals surface area (Å²) in [5, 5.41) is 2.34.